The molecule has 2 unspecified atom stereocenters. The lowest BCUT2D eigenvalue weighted by Crippen LogP contribution is -2.41. The van der Waals surface area contributed by atoms with E-state index in [1.54, 1.807) is 0 Å². The fraction of sp³-hybridized carbons (Fsp3) is 0.455. The normalized spacial score (nSPS) is 23.3. The number of fused-ring (bicyclic) bond motifs is 3. The highest BCUT2D eigenvalue weighted by molar-refractivity contribution is 5.97. The van der Waals surface area contributed by atoms with Gasteiger partial charge in [0.25, 0.3) is 0 Å². The number of aliphatic imine (C=N–C) groups is 1. The smallest absolute Gasteiger partial charge is 0.229 e. The van der Waals surface area contributed by atoms with E-state index in [2.05, 4.69) is 41.4 Å². The SMILES string of the molecule is CCn1cc(-c2ccc3c(c2)CCN2C3=CC(OCC3COCCO3)=NC2O)cn1. The molecule has 1 aromatic carbocycles. The van der Waals surface area contributed by atoms with Crippen LogP contribution in [0.1, 0.15) is 18.1 Å². The summed E-state index contributed by atoms with van der Waals surface area (Å²) in [5, 5.41) is 14.9. The predicted octanol–water partition coefficient (Wildman–Crippen LogP) is 1.89. The lowest BCUT2D eigenvalue weighted by Gasteiger charge is -2.37. The highest BCUT2D eigenvalue weighted by Gasteiger charge is 2.30. The maximum Gasteiger partial charge on any atom is 0.229 e. The number of aliphatic hydroxyl groups excluding tert-OH is 1. The van der Waals surface area contributed by atoms with Crippen molar-refractivity contribution in [3.8, 4) is 11.1 Å². The molecule has 1 aromatic heterocycles. The summed E-state index contributed by atoms with van der Waals surface area (Å²) >= 11 is 0. The van der Waals surface area contributed by atoms with Gasteiger partial charge in [-0.1, -0.05) is 18.2 Å². The molecular formula is C22H26N4O4. The number of aliphatic hydroxyl groups is 1. The monoisotopic (exact) mass is 410 g/mol. The van der Waals surface area contributed by atoms with Crippen LogP contribution in [0.4, 0.5) is 0 Å². The Hall–Kier alpha value is -2.68. The number of hydrogen-bond donors (Lipinski definition) is 1. The molecule has 0 amide bonds. The molecule has 1 N–H and O–H groups in total. The Morgan fingerprint density at radius 2 is 2.20 bits per heavy atom. The summed E-state index contributed by atoms with van der Waals surface area (Å²) in [5.74, 6) is 0.420. The van der Waals surface area contributed by atoms with Crippen LogP contribution in [0.2, 0.25) is 0 Å². The first kappa shape index (κ1) is 19.3. The molecule has 0 aliphatic carbocycles. The van der Waals surface area contributed by atoms with Gasteiger partial charge in [-0.05, 0) is 24.5 Å². The van der Waals surface area contributed by atoms with Crippen molar-refractivity contribution >= 4 is 11.6 Å². The van der Waals surface area contributed by atoms with Gasteiger partial charge in [0.05, 0.1) is 31.7 Å². The summed E-state index contributed by atoms with van der Waals surface area (Å²) in [5.41, 5.74) is 5.54. The summed E-state index contributed by atoms with van der Waals surface area (Å²) in [6.07, 6.45) is 5.66. The number of benzene rings is 1. The summed E-state index contributed by atoms with van der Waals surface area (Å²) in [7, 11) is 0. The molecule has 5 rings (SSSR count). The minimum absolute atomic E-state index is 0.111. The second kappa shape index (κ2) is 8.22. The van der Waals surface area contributed by atoms with Crippen LogP contribution in [0.5, 0.6) is 0 Å². The number of aryl methyl sites for hydroxylation is 1. The average molecular weight is 410 g/mol. The van der Waals surface area contributed by atoms with Crippen LogP contribution in [0.25, 0.3) is 16.8 Å². The van der Waals surface area contributed by atoms with Gasteiger partial charge in [-0.3, -0.25) is 4.68 Å². The third-order valence-electron chi connectivity index (χ3n) is 5.69. The molecular weight excluding hydrogens is 384 g/mol. The molecule has 1 saturated heterocycles. The zero-order valence-electron chi connectivity index (χ0n) is 17.0. The third-order valence-corrected chi connectivity index (χ3v) is 5.69. The Kier molecular flexibility index (Phi) is 5.28. The van der Waals surface area contributed by atoms with Gasteiger partial charge < -0.3 is 24.2 Å². The van der Waals surface area contributed by atoms with Gasteiger partial charge in [0.15, 0.2) is 0 Å². The van der Waals surface area contributed by atoms with E-state index in [1.807, 2.05) is 21.9 Å². The Bertz CT molecular complexity index is 977. The Labute approximate surface area is 175 Å². The van der Waals surface area contributed by atoms with Gasteiger partial charge >= 0.3 is 0 Å². The van der Waals surface area contributed by atoms with Gasteiger partial charge in [0.2, 0.25) is 12.2 Å². The lowest BCUT2D eigenvalue weighted by molar-refractivity contribution is -0.103. The van der Waals surface area contributed by atoms with Crippen LogP contribution in [0, 0.1) is 0 Å². The topological polar surface area (TPSA) is 81.3 Å². The Balaban J connectivity index is 1.38. The Morgan fingerprint density at radius 3 is 3.00 bits per heavy atom. The second-order valence-corrected chi connectivity index (χ2v) is 7.62. The van der Waals surface area contributed by atoms with Crippen molar-refractivity contribution < 1.29 is 19.3 Å². The minimum Gasteiger partial charge on any atom is -0.475 e. The quantitative estimate of drug-likeness (QED) is 0.829. The minimum atomic E-state index is -0.945. The Morgan fingerprint density at radius 1 is 1.27 bits per heavy atom. The van der Waals surface area contributed by atoms with E-state index in [1.165, 1.54) is 5.56 Å². The molecule has 0 saturated carbocycles. The van der Waals surface area contributed by atoms with Crippen molar-refractivity contribution in [3.05, 3.63) is 47.8 Å². The highest BCUT2D eigenvalue weighted by Crippen LogP contribution is 2.35. The fourth-order valence-electron chi connectivity index (χ4n) is 4.06. The predicted molar refractivity (Wildman–Crippen MR) is 112 cm³/mol. The molecule has 1 fully saturated rings. The van der Waals surface area contributed by atoms with E-state index in [4.69, 9.17) is 14.2 Å². The van der Waals surface area contributed by atoms with Gasteiger partial charge in [0, 0.05) is 36.5 Å². The standard InChI is InChI=1S/C22H26N4O4/c1-2-25-12-17(11-23-25)15-3-4-19-16(9-15)5-6-26-20(19)10-21(24-22(26)27)30-14-18-13-28-7-8-29-18/h3-4,9-12,18,22,27H,2,5-8,13-14H2,1H3. The molecule has 8 heteroatoms. The average Bonchev–Trinajstić information content (AvgIpc) is 3.27. The zero-order chi connectivity index (χ0) is 20.5. The largest absolute Gasteiger partial charge is 0.475 e. The maximum atomic E-state index is 10.6. The van der Waals surface area contributed by atoms with Crippen LogP contribution in [-0.2, 0) is 27.2 Å². The number of nitrogens with zero attached hydrogens (tertiary/aromatic N) is 4. The first-order valence-corrected chi connectivity index (χ1v) is 10.4. The molecule has 0 bridgehead atoms. The van der Waals surface area contributed by atoms with E-state index in [0.717, 1.165) is 35.4 Å². The number of ether oxygens (including phenoxy) is 3. The van der Waals surface area contributed by atoms with Gasteiger partial charge in [0.1, 0.15) is 12.7 Å². The molecule has 30 heavy (non-hydrogen) atoms. The van der Waals surface area contributed by atoms with Crippen LogP contribution in [0.15, 0.2) is 41.7 Å². The summed E-state index contributed by atoms with van der Waals surface area (Å²) in [6, 6.07) is 6.43. The van der Waals surface area contributed by atoms with Crippen molar-refractivity contribution in [2.24, 2.45) is 4.99 Å². The van der Waals surface area contributed by atoms with Crippen LogP contribution in [-0.4, -0.2) is 71.1 Å². The van der Waals surface area contributed by atoms with E-state index in [9.17, 15) is 5.11 Å². The van der Waals surface area contributed by atoms with E-state index >= 15 is 0 Å². The van der Waals surface area contributed by atoms with Crippen molar-refractivity contribution in [3.63, 3.8) is 0 Å². The molecule has 8 nitrogen and oxygen atoms in total. The highest BCUT2D eigenvalue weighted by atomic mass is 16.6. The van der Waals surface area contributed by atoms with E-state index in [-0.39, 0.29) is 6.10 Å². The van der Waals surface area contributed by atoms with Gasteiger partial charge in [-0.2, -0.15) is 10.1 Å². The van der Waals surface area contributed by atoms with Crippen LogP contribution >= 0.6 is 0 Å². The first-order valence-electron chi connectivity index (χ1n) is 10.4. The number of aromatic nitrogens is 2. The van der Waals surface area contributed by atoms with Crippen molar-refractivity contribution in [2.45, 2.75) is 32.3 Å². The van der Waals surface area contributed by atoms with E-state index in [0.29, 0.717) is 38.9 Å². The van der Waals surface area contributed by atoms with Crippen molar-refractivity contribution in [1.82, 2.24) is 14.7 Å². The number of hydrogen-bond acceptors (Lipinski definition) is 7. The van der Waals surface area contributed by atoms with Crippen molar-refractivity contribution in [1.29, 1.82) is 0 Å². The van der Waals surface area contributed by atoms with Crippen LogP contribution < -0.4 is 0 Å². The molecule has 0 spiro atoms. The molecule has 2 atom stereocenters. The fourth-order valence-corrected chi connectivity index (χ4v) is 4.06. The van der Waals surface area contributed by atoms with Crippen LogP contribution in [0.3, 0.4) is 0 Å². The first-order chi connectivity index (χ1) is 14.7. The molecule has 4 heterocycles. The van der Waals surface area contributed by atoms with Gasteiger partial charge in [-0.15, -0.1) is 0 Å². The second-order valence-electron chi connectivity index (χ2n) is 7.62. The van der Waals surface area contributed by atoms with E-state index < -0.39 is 6.35 Å². The zero-order valence-corrected chi connectivity index (χ0v) is 17.0. The molecule has 158 valence electrons. The molecule has 0 radical (unpaired) electrons. The lowest BCUT2D eigenvalue weighted by atomic mass is 9.92. The summed E-state index contributed by atoms with van der Waals surface area (Å²) < 4.78 is 18.8. The van der Waals surface area contributed by atoms with Gasteiger partial charge in [-0.25, -0.2) is 0 Å². The molecule has 3 aliphatic heterocycles. The summed E-state index contributed by atoms with van der Waals surface area (Å²) in [4.78, 5) is 6.20. The summed E-state index contributed by atoms with van der Waals surface area (Å²) in [6.45, 7) is 5.69. The molecule has 2 aromatic rings. The number of rotatable bonds is 4. The maximum absolute atomic E-state index is 10.6. The van der Waals surface area contributed by atoms with Crippen molar-refractivity contribution in [2.75, 3.05) is 33.0 Å². The third kappa shape index (κ3) is 3.74. The molecule has 3 aliphatic rings.